The summed E-state index contributed by atoms with van der Waals surface area (Å²) in [5.41, 5.74) is 4.60. The zero-order chi connectivity index (χ0) is 10.9. The largest absolute Gasteiger partial charge is 0.478 e. The first kappa shape index (κ1) is 10.9. The van der Waals surface area contributed by atoms with Crippen molar-refractivity contribution in [3.8, 4) is 0 Å². The van der Waals surface area contributed by atoms with Gasteiger partial charge >= 0.3 is 12.0 Å². The number of primary amides is 1. The van der Waals surface area contributed by atoms with Crippen LogP contribution in [0.25, 0.3) is 0 Å². The van der Waals surface area contributed by atoms with E-state index in [2.05, 4.69) is 0 Å². The van der Waals surface area contributed by atoms with Crippen LogP contribution in [0.15, 0.2) is 24.0 Å². The second-order valence-corrected chi connectivity index (χ2v) is 3.92. The number of nitrogens with two attached hydrogens (primary N) is 1. The first-order valence-corrected chi connectivity index (χ1v) is 4.21. The Morgan fingerprint density at radius 2 is 2.07 bits per heavy atom. The van der Waals surface area contributed by atoms with Gasteiger partial charge < -0.3 is 10.8 Å². The van der Waals surface area contributed by atoms with Gasteiger partial charge in [-0.1, -0.05) is 23.2 Å². The number of nitrogens with zero attached hydrogens (tertiary/aromatic N) is 1. The van der Waals surface area contributed by atoms with Crippen LogP contribution < -0.4 is 5.73 Å². The van der Waals surface area contributed by atoms with Crippen LogP contribution in [0, 0.1) is 0 Å². The van der Waals surface area contributed by atoms with E-state index >= 15 is 0 Å². The van der Waals surface area contributed by atoms with Crippen molar-refractivity contribution in [3.05, 3.63) is 24.0 Å². The van der Waals surface area contributed by atoms with Crippen molar-refractivity contribution in [1.29, 1.82) is 0 Å². The number of rotatable bonds is 1. The van der Waals surface area contributed by atoms with E-state index in [0.29, 0.717) is 0 Å². The number of hydrogen-bond donors (Lipinski definition) is 2. The summed E-state index contributed by atoms with van der Waals surface area (Å²) in [7, 11) is 0. The third-order valence-electron chi connectivity index (χ3n) is 1.56. The van der Waals surface area contributed by atoms with Crippen LogP contribution >= 0.6 is 23.2 Å². The van der Waals surface area contributed by atoms with Gasteiger partial charge in [-0.05, 0) is 6.08 Å². The number of urea groups is 1. The lowest BCUT2D eigenvalue weighted by molar-refractivity contribution is -0.132. The monoisotopic (exact) mass is 236 g/mol. The van der Waals surface area contributed by atoms with E-state index in [1.54, 1.807) is 0 Å². The average molecular weight is 237 g/mol. The number of carboxylic acid groups (broad SMARTS) is 1. The molecule has 0 spiro atoms. The fourth-order valence-electron chi connectivity index (χ4n) is 0.867. The highest BCUT2D eigenvalue weighted by molar-refractivity contribution is 6.53. The minimum Gasteiger partial charge on any atom is -0.478 e. The molecule has 0 unspecified atom stereocenters. The fourth-order valence-corrected chi connectivity index (χ4v) is 1.24. The molecule has 2 amide bonds. The van der Waals surface area contributed by atoms with Crippen LogP contribution in [0.4, 0.5) is 4.79 Å². The van der Waals surface area contributed by atoms with Crippen molar-refractivity contribution in [2.24, 2.45) is 5.73 Å². The minimum atomic E-state index is -1.64. The molecule has 0 aromatic carbocycles. The van der Waals surface area contributed by atoms with Crippen LogP contribution in [0.3, 0.4) is 0 Å². The Balaban J connectivity index is 3.08. The summed E-state index contributed by atoms with van der Waals surface area (Å²) in [4.78, 5) is 22.3. The Morgan fingerprint density at radius 3 is 2.50 bits per heavy atom. The molecular formula is C7H6Cl2N2O3. The molecule has 0 saturated heterocycles. The topological polar surface area (TPSA) is 83.6 Å². The maximum atomic E-state index is 10.7. The molecule has 1 aliphatic heterocycles. The summed E-state index contributed by atoms with van der Waals surface area (Å²) in [6.07, 6.45) is 3.34. The number of carbonyl (C=O) groups is 2. The highest BCUT2D eigenvalue weighted by atomic mass is 35.5. The number of alkyl halides is 2. The lowest BCUT2D eigenvalue weighted by atomic mass is 10.1. The molecule has 7 heteroatoms. The summed E-state index contributed by atoms with van der Waals surface area (Å²) < 4.78 is -1.64. The van der Waals surface area contributed by atoms with Gasteiger partial charge in [-0.2, -0.15) is 0 Å². The summed E-state index contributed by atoms with van der Waals surface area (Å²) in [6, 6.07) is -0.816. The zero-order valence-corrected chi connectivity index (χ0v) is 8.29. The lowest BCUT2D eigenvalue weighted by Crippen LogP contribution is -2.34. The van der Waals surface area contributed by atoms with E-state index in [-0.39, 0.29) is 5.57 Å². The second-order valence-electron chi connectivity index (χ2n) is 2.53. The van der Waals surface area contributed by atoms with Crippen molar-refractivity contribution >= 4 is 35.2 Å². The highest BCUT2D eigenvalue weighted by Gasteiger charge is 2.35. The second kappa shape index (κ2) is 3.51. The average Bonchev–Trinajstić information content (AvgIpc) is 2.02. The lowest BCUT2D eigenvalue weighted by Gasteiger charge is -2.24. The number of amides is 2. The number of halogens is 2. The highest BCUT2D eigenvalue weighted by Crippen LogP contribution is 2.34. The van der Waals surface area contributed by atoms with E-state index in [9.17, 15) is 9.59 Å². The van der Waals surface area contributed by atoms with Crippen LogP contribution in [-0.4, -0.2) is 26.3 Å². The normalized spacial score (nSPS) is 19.0. The first-order valence-electron chi connectivity index (χ1n) is 3.45. The number of carboxylic acids is 1. The summed E-state index contributed by atoms with van der Waals surface area (Å²) in [5.74, 6) is -1.31. The zero-order valence-electron chi connectivity index (χ0n) is 6.78. The molecule has 14 heavy (non-hydrogen) atoms. The SMILES string of the molecule is NC(=O)N1C=CC(Cl)(Cl)C(C(=O)O)=C1. The molecule has 3 N–H and O–H groups in total. The van der Waals surface area contributed by atoms with Crippen molar-refractivity contribution in [2.45, 2.75) is 4.33 Å². The maximum absolute atomic E-state index is 10.7. The third kappa shape index (κ3) is 2.00. The summed E-state index contributed by atoms with van der Waals surface area (Å²) in [6.45, 7) is 0. The number of hydrogen-bond acceptors (Lipinski definition) is 2. The summed E-state index contributed by atoms with van der Waals surface area (Å²) >= 11 is 11.3. The van der Waals surface area contributed by atoms with Crippen LogP contribution in [0.1, 0.15) is 0 Å². The van der Waals surface area contributed by atoms with Gasteiger partial charge in [-0.3, -0.25) is 4.90 Å². The smallest absolute Gasteiger partial charge is 0.336 e. The molecule has 0 atom stereocenters. The molecule has 1 heterocycles. The third-order valence-corrected chi connectivity index (χ3v) is 2.22. The van der Waals surface area contributed by atoms with E-state index in [1.165, 1.54) is 6.20 Å². The van der Waals surface area contributed by atoms with Gasteiger partial charge in [0.2, 0.25) is 0 Å². The Bertz CT molecular complexity index is 349. The van der Waals surface area contributed by atoms with Crippen LogP contribution in [0.5, 0.6) is 0 Å². The van der Waals surface area contributed by atoms with E-state index in [1.807, 2.05) is 0 Å². The van der Waals surface area contributed by atoms with Crippen molar-refractivity contribution in [1.82, 2.24) is 4.90 Å². The van der Waals surface area contributed by atoms with Crippen LogP contribution in [-0.2, 0) is 4.79 Å². The molecule has 0 radical (unpaired) electrons. The van der Waals surface area contributed by atoms with E-state index < -0.39 is 16.3 Å². The molecule has 1 aliphatic rings. The molecule has 76 valence electrons. The molecule has 1 rings (SSSR count). The molecule has 0 aromatic rings. The van der Waals surface area contributed by atoms with Gasteiger partial charge in [0.15, 0.2) is 4.33 Å². The van der Waals surface area contributed by atoms with Gasteiger partial charge in [0.05, 0.1) is 5.57 Å². The molecule has 0 bridgehead atoms. The number of carbonyl (C=O) groups excluding carboxylic acids is 1. The van der Waals surface area contributed by atoms with Crippen LogP contribution in [0.2, 0.25) is 0 Å². The van der Waals surface area contributed by atoms with Gasteiger partial charge in [0.1, 0.15) is 0 Å². The van der Waals surface area contributed by atoms with E-state index in [0.717, 1.165) is 17.2 Å². The van der Waals surface area contributed by atoms with Gasteiger partial charge in [-0.15, -0.1) is 0 Å². The number of aliphatic carboxylic acids is 1. The van der Waals surface area contributed by atoms with Crippen molar-refractivity contribution in [3.63, 3.8) is 0 Å². The molecule has 0 fully saturated rings. The molecule has 0 aromatic heterocycles. The Kier molecular flexibility index (Phi) is 2.73. The fraction of sp³-hybridized carbons (Fsp3) is 0.143. The Labute approximate surface area is 89.4 Å². The first-order chi connectivity index (χ1) is 6.34. The summed E-state index contributed by atoms with van der Waals surface area (Å²) in [5, 5.41) is 8.72. The predicted molar refractivity (Wildman–Crippen MR) is 50.7 cm³/mol. The molecule has 5 nitrogen and oxygen atoms in total. The minimum absolute atomic E-state index is 0.331. The van der Waals surface area contributed by atoms with Gasteiger partial charge in [0.25, 0.3) is 0 Å². The molecule has 0 saturated carbocycles. The Morgan fingerprint density at radius 1 is 1.50 bits per heavy atom. The molecule has 0 aliphatic carbocycles. The molecular weight excluding hydrogens is 231 g/mol. The standard InChI is InChI=1S/C7H6Cl2N2O3/c8-7(9)1-2-11(6(10)14)3-4(7)5(12)13/h1-3H,(H2,10,14)(H,12,13). The number of allylic oxidation sites excluding steroid dienone is 1. The quantitative estimate of drug-likeness (QED) is 0.668. The van der Waals surface area contributed by atoms with E-state index in [4.69, 9.17) is 34.0 Å². The van der Waals surface area contributed by atoms with Gasteiger partial charge in [0, 0.05) is 12.4 Å². The van der Waals surface area contributed by atoms with Crippen molar-refractivity contribution in [2.75, 3.05) is 0 Å². The predicted octanol–water partition coefficient (Wildman–Crippen LogP) is 1.04. The van der Waals surface area contributed by atoms with Gasteiger partial charge in [-0.25, -0.2) is 9.59 Å². The Hall–Kier alpha value is -1.20. The van der Waals surface area contributed by atoms with Crippen molar-refractivity contribution < 1.29 is 14.7 Å². The maximum Gasteiger partial charge on any atom is 0.336 e.